The molecule has 1 heterocycles. The minimum Gasteiger partial charge on any atom is -0.465 e. The summed E-state index contributed by atoms with van der Waals surface area (Å²) in [4.78, 5) is 33.4. The van der Waals surface area contributed by atoms with Crippen LogP contribution in [-0.2, 0) is 4.74 Å². The number of aryl methyl sites for hydroxylation is 2. The van der Waals surface area contributed by atoms with E-state index in [1.807, 2.05) is 32.0 Å². The number of carbonyl (C=O) groups is 2. The first-order valence-electron chi connectivity index (χ1n) is 9.06. The van der Waals surface area contributed by atoms with Gasteiger partial charge in [-0.3, -0.25) is 4.79 Å². The first-order valence-corrected chi connectivity index (χ1v) is 9.06. The molecule has 29 heavy (non-hydrogen) atoms. The molecule has 0 unspecified atom stereocenters. The summed E-state index contributed by atoms with van der Waals surface area (Å²) in [7, 11) is 1.32. The van der Waals surface area contributed by atoms with Gasteiger partial charge in [-0.1, -0.05) is 24.3 Å². The minimum atomic E-state index is -0.478. The van der Waals surface area contributed by atoms with Crippen molar-refractivity contribution in [3.05, 3.63) is 76.6 Å². The van der Waals surface area contributed by atoms with Gasteiger partial charge >= 0.3 is 5.97 Å². The summed E-state index contributed by atoms with van der Waals surface area (Å²) >= 11 is 0. The second-order valence-corrected chi connectivity index (χ2v) is 6.58. The number of benzene rings is 2. The van der Waals surface area contributed by atoms with E-state index in [9.17, 15) is 9.59 Å². The van der Waals surface area contributed by atoms with Gasteiger partial charge in [0.05, 0.1) is 18.4 Å². The Morgan fingerprint density at radius 2 is 1.66 bits per heavy atom. The number of hydrogen-bond acceptors (Lipinski definition) is 6. The summed E-state index contributed by atoms with van der Waals surface area (Å²) in [6, 6.07) is 14.2. The Morgan fingerprint density at radius 1 is 0.931 bits per heavy atom. The molecule has 0 bridgehead atoms. The highest BCUT2D eigenvalue weighted by Gasteiger charge is 2.15. The highest BCUT2D eigenvalue weighted by Crippen LogP contribution is 2.21. The molecule has 7 heteroatoms. The number of nitrogens with zero attached hydrogens (tertiary/aromatic N) is 2. The quantitative estimate of drug-likeness (QED) is 0.635. The topological polar surface area (TPSA) is 93.2 Å². The van der Waals surface area contributed by atoms with Crippen LogP contribution in [0.5, 0.6) is 0 Å². The average Bonchev–Trinajstić information content (AvgIpc) is 2.70. The van der Waals surface area contributed by atoms with Crippen molar-refractivity contribution in [2.45, 2.75) is 20.8 Å². The molecule has 0 radical (unpaired) electrons. The average molecular weight is 390 g/mol. The fourth-order valence-electron chi connectivity index (χ4n) is 2.81. The molecule has 1 amide bonds. The third kappa shape index (κ3) is 4.57. The maximum Gasteiger partial charge on any atom is 0.339 e. The number of amides is 1. The molecule has 0 spiro atoms. The van der Waals surface area contributed by atoms with E-state index in [1.165, 1.54) is 7.11 Å². The van der Waals surface area contributed by atoms with Crippen LogP contribution < -0.4 is 10.6 Å². The summed E-state index contributed by atoms with van der Waals surface area (Å²) in [5.41, 5.74) is 4.49. The normalized spacial score (nSPS) is 10.3. The maximum atomic E-state index is 12.8. The van der Waals surface area contributed by atoms with Crippen molar-refractivity contribution in [3.63, 3.8) is 0 Å². The highest BCUT2D eigenvalue weighted by atomic mass is 16.5. The van der Waals surface area contributed by atoms with Gasteiger partial charge < -0.3 is 15.4 Å². The summed E-state index contributed by atoms with van der Waals surface area (Å²) in [5.74, 6) is -0.602. The number of methoxy groups -OCH3 is 1. The molecule has 0 fully saturated rings. The van der Waals surface area contributed by atoms with Gasteiger partial charge in [-0.05, 0) is 56.2 Å². The van der Waals surface area contributed by atoms with Crippen molar-refractivity contribution in [2.75, 3.05) is 17.7 Å². The number of carbonyl (C=O) groups excluding carboxylic acids is 2. The standard InChI is InChI=1S/C22H22N4O3/c1-13-8-7-11-17(15(13)3)24-20(27)19-12-14(2)23-22(26-19)25-18-10-6-5-9-16(18)21(28)29-4/h5-12H,1-4H3,(H,24,27)(H,23,25,26). The summed E-state index contributed by atoms with van der Waals surface area (Å²) in [6.45, 7) is 5.71. The predicted octanol–water partition coefficient (Wildman–Crippen LogP) is 4.18. The third-order valence-electron chi connectivity index (χ3n) is 4.52. The lowest BCUT2D eigenvalue weighted by Gasteiger charge is -2.12. The molecule has 0 atom stereocenters. The fraction of sp³-hybridized carbons (Fsp3) is 0.182. The number of para-hydroxylation sites is 1. The maximum absolute atomic E-state index is 12.8. The van der Waals surface area contributed by atoms with E-state index in [-0.39, 0.29) is 17.5 Å². The van der Waals surface area contributed by atoms with Crippen LogP contribution in [0.1, 0.15) is 37.7 Å². The molecule has 0 saturated carbocycles. The molecular weight excluding hydrogens is 368 g/mol. The zero-order valence-electron chi connectivity index (χ0n) is 16.7. The lowest BCUT2D eigenvalue weighted by atomic mass is 10.1. The van der Waals surface area contributed by atoms with Gasteiger partial charge in [-0.25, -0.2) is 14.8 Å². The number of esters is 1. The Hall–Kier alpha value is -3.74. The number of aromatic nitrogens is 2. The number of hydrogen-bond donors (Lipinski definition) is 2. The molecule has 2 aromatic carbocycles. The number of ether oxygens (including phenoxy) is 1. The summed E-state index contributed by atoms with van der Waals surface area (Å²) in [6.07, 6.45) is 0. The van der Waals surface area contributed by atoms with E-state index in [0.717, 1.165) is 16.8 Å². The molecule has 3 rings (SSSR count). The molecular formula is C22H22N4O3. The van der Waals surface area contributed by atoms with Crippen molar-refractivity contribution in [1.82, 2.24) is 9.97 Å². The highest BCUT2D eigenvalue weighted by molar-refractivity contribution is 6.03. The fourth-order valence-corrected chi connectivity index (χ4v) is 2.81. The molecule has 0 saturated heterocycles. The molecule has 1 aromatic heterocycles. The van der Waals surface area contributed by atoms with E-state index >= 15 is 0 Å². The zero-order chi connectivity index (χ0) is 21.0. The Kier molecular flexibility index (Phi) is 5.87. The lowest BCUT2D eigenvalue weighted by Crippen LogP contribution is -2.16. The molecule has 0 aliphatic carbocycles. The van der Waals surface area contributed by atoms with Gasteiger partial charge in [-0.15, -0.1) is 0 Å². The number of anilines is 3. The minimum absolute atomic E-state index is 0.215. The predicted molar refractivity (Wildman–Crippen MR) is 112 cm³/mol. The first-order chi connectivity index (χ1) is 13.9. The van der Waals surface area contributed by atoms with Crippen LogP contribution in [-0.4, -0.2) is 29.0 Å². The molecule has 0 aliphatic heterocycles. The van der Waals surface area contributed by atoms with Gasteiger partial charge in [0.15, 0.2) is 0 Å². The van der Waals surface area contributed by atoms with Crippen LogP contribution in [0.3, 0.4) is 0 Å². The van der Waals surface area contributed by atoms with Crippen molar-refractivity contribution in [2.24, 2.45) is 0 Å². The van der Waals surface area contributed by atoms with Crippen LogP contribution >= 0.6 is 0 Å². The molecule has 148 valence electrons. The van der Waals surface area contributed by atoms with Crippen LogP contribution in [0.25, 0.3) is 0 Å². The second-order valence-electron chi connectivity index (χ2n) is 6.58. The second kappa shape index (κ2) is 8.52. The van der Waals surface area contributed by atoms with E-state index in [4.69, 9.17) is 4.74 Å². The van der Waals surface area contributed by atoms with Gasteiger partial charge in [0.1, 0.15) is 5.69 Å². The number of rotatable bonds is 5. The SMILES string of the molecule is COC(=O)c1ccccc1Nc1nc(C)cc(C(=O)Nc2cccc(C)c2C)n1. The van der Waals surface area contributed by atoms with E-state index < -0.39 is 5.97 Å². The van der Waals surface area contributed by atoms with Crippen molar-refractivity contribution in [1.29, 1.82) is 0 Å². The van der Waals surface area contributed by atoms with Gasteiger partial charge in [0, 0.05) is 11.4 Å². The Bertz CT molecular complexity index is 1080. The van der Waals surface area contributed by atoms with Crippen LogP contribution in [0.4, 0.5) is 17.3 Å². The molecule has 2 N–H and O–H groups in total. The summed E-state index contributed by atoms with van der Waals surface area (Å²) < 4.78 is 4.80. The van der Waals surface area contributed by atoms with Gasteiger partial charge in [0.25, 0.3) is 5.91 Å². The number of nitrogens with one attached hydrogen (secondary N) is 2. The van der Waals surface area contributed by atoms with Crippen molar-refractivity contribution >= 4 is 29.2 Å². The van der Waals surface area contributed by atoms with Crippen LogP contribution in [0, 0.1) is 20.8 Å². The van der Waals surface area contributed by atoms with Crippen molar-refractivity contribution in [3.8, 4) is 0 Å². The van der Waals surface area contributed by atoms with Crippen LogP contribution in [0.15, 0.2) is 48.5 Å². The van der Waals surface area contributed by atoms with Crippen LogP contribution in [0.2, 0.25) is 0 Å². The monoisotopic (exact) mass is 390 g/mol. The van der Waals surface area contributed by atoms with E-state index in [2.05, 4.69) is 20.6 Å². The Labute approximate surface area is 169 Å². The van der Waals surface area contributed by atoms with E-state index in [0.29, 0.717) is 16.9 Å². The first kappa shape index (κ1) is 20.0. The lowest BCUT2D eigenvalue weighted by molar-refractivity contribution is 0.0601. The Balaban J connectivity index is 1.88. The third-order valence-corrected chi connectivity index (χ3v) is 4.52. The van der Waals surface area contributed by atoms with E-state index in [1.54, 1.807) is 37.3 Å². The molecule has 0 aliphatic rings. The van der Waals surface area contributed by atoms with Gasteiger partial charge in [-0.2, -0.15) is 0 Å². The zero-order valence-corrected chi connectivity index (χ0v) is 16.7. The smallest absolute Gasteiger partial charge is 0.339 e. The Morgan fingerprint density at radius 3 is 2.41 bits per heavy atom. The van der Waals surface area contributed by atoms with Gasteiger partial charge in [0.2, 0.25) is 5.95 Å². The summed E-state index contributed by atoms with van der Waals surface area (Å²) in [5, 5.41) is 5.90. The molecule has 3 aromatic rings. The largest absolute Gasteiger partial charge is 0.465 e. The van der Waals surface area contributed by atoms with Crippen molar-refractivity contribution < 1.29 is 14.3 Å². The molecule has 7 nitrogen and oxygen atoms in total.